The molecule has 0 bridgehead atoms. The van der Waals surface area contributed by atoms with Crippen LogP contribution in [0.25, 0.3) is 11.1 Å². The van der Waals surface area contributed by atoms with Crippen molar-refractivity contribution < 1.29 is 10.2 Å². The quantitative estimate of drug-likeness (QED) is 0.632. The maximum atomic E-state index is 11.3. The number of hydrogen-bond donors (Lipinski definition) is 2. The van der Waals surface area contributed by atoms with Gasteiger partial charge in [-0.3, -0.25) is 0 Å². The molecule has 2 heteroatoms. The fraction of sp³-hybridized carbons (Fsp3) is 0.385. The molecule has 0 radical (unpaired) electrons. The zero-order valence-corrected chi connectivity index (χ0v) is 16.7. The van der Waals surface area contributed by atoms with E-state index in [0.29, 0.717) is 24.3 Å². The van der Waals surface area contributed by atoms with E-state index in [9.17, 15) is 10.2 Å². The first-order valence-electron chi connectivity index (χ1n) is 10.6. The van der Waals surface area contributed by atoms with Crippen LogP contribution < -0.4 is 0 Å². The average Bonchev–Trinajstić information content (AvgIpc) is 2.71. The van der Waals surface area contributed by atoms with Gasteiger partial charge in [0.2, 0.25) is 0 Å². The smallest absolute Gasteiger partial charge is 0.127 e. The Kier molecular flexibility index (Phi) is 5.30. The molecule has 2 aromatic carbocycles. The van der Waals surface area contributed by atoms with Crippen LogP contribution in [-0.4, -0.2) is 10.2 Å². The third-order valence-corrected chi connectivity index (χ3v) is 6.38. The summed E-state index contributed by atoms with van der Waals surface area (Å²) in [6.45, 7) is 7.73. The molecule has 2 aromatic rings. The minimum absolute atomic E-state index is 0.333. The highest BCUT2D eigenvalue weighted by atomic mass is 16.3. The molecule has 4 rings (SSSR count). The Bertz CT molecular complexity index is 859. The average molecular weight is 375 g/mol. The van der Waals surface area contributed by atoms with Gasteiger partial charge in [-0.2, -0.15) is 0 Å². The van der Waals surface area contributed by atoms with E-state index in [-0.39, 0.29) is 0 Å². The molecule has 2 aliphatic carbocycles. The first-order valence-corrected chi connectivity index (χ1v) is 10.6. The summed E-state index contributed by atoms with van der Waals surface area (Å²) < 4.78 is 0. The minimum Gasteiger partial charge on any atom is -0.507 e. The van der Waals surface area contributed by atoms with Gasteiger partial charge in [0.25, 0.3) is 0 Å². The lowest BCUT2D eigenvalue weighted by molar-refractivity contribution is 0.460. The van der Waals surface area contributed by atoms with Crippen molar-refractivity contribution in [1.82, 2.24) is 0 Å². The van der Waals surface area contributed by atoms with Crippen LogP contribution >= 0.6 is 0 Å². The minimum atomic E-state index is 0.333. The Labute approximate surface area is 168 Å². The molecule has 0 atom stereocenters. The normalized spacial score (nSPS) is 15.6. The molecular formula is C26H30O2. The predicted molar refractivity (Wildman–Crippen MR) is 116 cm³/mol. The summed E-state index contributed by atoms with van der Waals surface area (Å²) in [5.41, 5.74) is 8.73. The van der Waals surface area contributed by atoms with Gasteiger partial charge >= 0.3 is 0 Å². The number of allylic oxidation sites excluding steroid dienone is 2. The van der Waals surface area contributed by atoms with Gasteiger partial charge < -0.3 is 10.2 Å². The van der Waals surface area contributed by atoms with Crippen LogP contribution in [0.2, 0.25) is 0 Å². The lowest BCUT2D eigenvalue weighted by atomic mass is 9.78. The standard InChI is InChI=1S/C26H30O2/c1-3-9-19-15-17-11-5-7-13-21(17)23(25(19)27)24-22-14-8-6-12-18(22)16-20(10-4-2)26(24)28/h3-4,15-16,27-28H,1-2,5-14H2. The maximum absolute atomic E-state index is 11.3. The molecule has 2 nitrogen and oxygen atoms in total. The predicted octanol–water partition coefficient (Wildman–Crippen LogP) is 5.98. The van der Waals surface area contributed by atoms with Crippen LogP contribution in [0.5, 0.6) is 11.5 Å². The van der Waals surface area contributed by atoms with Gasteiger partial charge in [0.05, 0.1) is 0 Å². The van der Waals surface area contributed by atoms with Crippen LogP contribution in [0.1, 0.15) is 59.1 Å². The SMILES string of the molecule is C=CCc1cc2c(c(-c3c(O)c(CC=C)cc4c3CCCC4)c1O)CCCC2. The molecule has 2 N–H and O–H groups in total. The van der Waals surface area contributed by atoms with Crippen molar-refractivity contribution in [3.63, 3.8) is 0 Å². The fourth-order valence-electron chi connectivity index (χ4n) is 5.07. The van der Waals surface area contributed by atoms with Crippen LogP contribution in [0.15, 0.2) is 37.4 Å². The van der Waals surface area contributed by atoms with Gasteiger partial charge in [-0.05, 0) is 97.6 Å². The molecule has 28 heavy (non-hydrogen) atoms. The van der Waals surface area contributed by atoms with E-state index in [1.807, 2.05) is 12.2 Å². The number of aryl methyl sites for hydroxylation is 2. The van der Waals surface area contributed by atoms with Gasteiger partial charge in [0.15, 0.2) is 0 Å². The van der Waals surface area contributed by atoms with Crippen molar-refractivity contribution >= 4 is 0 Å². The fourth-order valence-corrected chi connectivity index (χ4v) is 5.07. The second kappa shape index (κ2) is 7.87. The topological polar surface area (TPSA) is 40.5 Å². The summed E-state index contributed by atoms with van der Waals surface area (Å²) in [5, 5.41) is 22.6. The van der Waals surface area contributed by atoms with Crippen LogP contribution in [0.3, 0.4) is 0 Å². The largest absolute Gasteiger partial charge is 0.507 e. The Hall–Kier alpha value is -2.48. The molecular weight excluding hydrogens is 344 g/mol. The van der Waals surface area contributed by atoms with Crippen molar-refractivity contribution in [2.75, 3.05) is 0 Å². The summed E-state index contributed by atoms with van der Waals surface area (Å²) in [6, 6.07) is 4.32. The lowest BCUT2D eigenvalue weighted by Crippen LogP contribution is -2.11. The number of fused-ring (bicyclic) bond motifs is 2. The van der Waals surface area contributed by atoms with E-state index >= 15 is 0 Å². The summed E-state index contributed by atoms with van der Waals surface area (Å²) in [4.78, 5) is 0. The van der Waals surface area contributed by atoms with Crippen molar-refractivity contribution in [2.24, 2.45) is 0 Å². The zero-order valence-electron chi connectivity index (χ0n) is 16.7. The van der Waals surface area contributed by atoms with E-state index in [4.69, 9.17) is 0 Å². The molecule has 0 aromatic heterocycles. The van der Waals surface area contributed by atoms with Gasteiger partial charge in [-0.1, -0.05) is 24.3 Å². The zero-order chi connectivity index (χ0) is 19.7. The monoisotopic (exact) mass is 374 g/mol. The Morgan fingerprint density at radius 2 is 1.07 bits per heavy atom. The second-order valence-electron chi connectivity index (χ2n) is 8.19. The van der Waals surface area contributed by atoms with E-state index in [2.05, 4.69) is 25.3 Å². The highest BCUT2D eigenvalue weighted by Gasteiger charge is 2.28. The number of benzene rings is 2. The number of phenols is 2. The molecule has 0 amide bonds. The summed E-state index contributed by atoms with van der Waals surface area (Å²) in [7, 11) is 0. The van der Waals surface area contributed by atoms with E-state index in [1.54, 1.807) is 0 Å². The van der Waals surface area contributed by atoms with Gasteiger partial charge in [-0.25, -0.2) is 0 Å². The molecule has 0 unspecified atom stereocenters. The molecule has 146 valence electrons. The van der Waals surface area contributed by atoms with Gasteiger partial charge in [0.1, 0.15) is 11.5 Å². The lowest BCUT2D eigenvalue weighted by Gasteiger charge is -2.28. The Morgan fingerprint density at radius 1 is 0.679 bits per heavy atom. The highest BCUT2D eigenvalue weighted by molar-refractivity contribution is 5.85. The van der Waals surface area contributed by atoms with Crippen LogP contribution in [0.4, 0.5) is 0 Å². The first kappa shape index (κ1) is 18.9. The number of phenolic OH excluding ortho intramolecular Hbond substituents is 2. The highest BCUT2D eigenvalue weighted by Crippen LogP contribution is 2.48. The summed E-state index contributed by atoms with van der Waals surface area (Å²) in [5.74, 6) is 0.666. The van der Waals surface area contributed by atoms with E-state index in [1.165, 1.54) is 35.1 Å². The molecule has 0 aliphatic heterocycles. The number of hydrogen-bond acceptors (Lipinski definition) is 2. The molecule has 0 saturated carbocycles. The number of rotatable bonds is 5. The van der Waals surface area contributed by atoms with Crippen LogP contribution in [-0.2, 0) is 38.5 Å². The molecule has 0 saturated heterocycles. The van der Waals surface area contributed by atoms with Gasteiger partial charge in [-0.15, -0.1) is 13.2 Å². The van der Waals surface area contributed by atoms with Crippen molar-refractivity contribution in [3.05, 3.63) is 70.8 Å². The van der Waals surface area contributed by atoms with Crippen molar-refractivity contribution in [1.29, 1.82) is 0 Å². The molecule has 0 heterocycles. The second-order valence-corrected chi connectivity index (χ2v) is 8.19. The summed E-state index contributed by atoms with van der Waals surface area (Å²) in [6.07, 6.45) is 13.6. The molecule has 0 fully saturated rings. The molecule has 2 aliphatic rings. The Balaban J connectivity index is 2.06. The van der Waals surface area contributed by atoms with Crippen molar-refractivity contribution in [3.8, 4) is 22.6 Å². The first-order chi connectivity index (χ1) is 13.7. The summed E-state index contributed by atoms with van der Waals surface area (Å²) >= 11 is 0. The van der Waals surface area contributed by atoms with Crippen LogP contribution in [0, 0.1) is 0 Å². The third kappa shape index (κ3) is 3.15. The molecule has 0 spiro atoms. The number of aromatic hydroxyl groups is 2. The van der Waals surface area contributed by atoms with Gasteiger partial charge in [0, 0.05) is 11.1 Å². The Morgan fingerprint density at radius 3 is 1.46 bits per heavy atom. The third-order valence-electron chi connectivity index (χ3n) is 6.38. The van der Waals surface area contributed by atoms with E-state index < -0.39 is 0 Å². The van der Waals surface area contributed by atoms with Crippen molar-refractivity contribution in [2.45, 2.75) is 64.2 Å². The maximum Gasteiger partial charge on any atom is 0.127 e. The van der Waals surface area contributed by atoms with E-state index in [0.717, 1.165) is 60.8 Å².